The number of hydrogen-bond donors (Lipinski definition) is 1. The van der Waals surface area contributed by atoms with Crippen molar-refractivity contribution in [2.24, 2.45) is 0 Å². The van der Waals surface area contributed by atoms with Crippen molar-refractivity contribution in [3.05, 3.63) is 29.8 Å². The normalized spacial score (nSPS) is 16.4. The molecule has 0 amide bonds. The van der Waals surface area contributed by atoms with Crippen LogP contribution in [-0.4, -0.2) is 39.9 Å². The largest absolute Gasteiger partial charge is 0.384 e. The molecule has 3 heteroatoms. The van der Waals surface area contributed by atoms with Crippen molar-refractivity contribution in [2.75, 3.05) is 44.8 Å². The Balaban J connectivity index is 2.11. The van der Waals surface area contributed by atoms with E-state index in [4.69, 9.17) is 4.74 Å². The number of ether oxygens (including phenoxy) is 1. The Bertz CT molecular complexity index is 321. The lowest BCUT2D eigenvalue weighted by Gasteiger charge is -2.31. The highest BCUT2D eigenvalue weighted by Gasteiger charge is 2.13. The van der Waals surface area contributed by atoms with E-state index in [1.807, 2.05) is 0 Å². The van der Waals surface area contributed by atoms with Gasteiger partial charge in [-0.15, -0.1) is 0 Å². The minimum absolute atomic E-state index is 0.795. The molecule has 1 aliphatic heterocycles. The van der Waals surface area contributed by atoms with Crippen LogP contribution in [-0.2, 0) is 11.2 Å². The van der Waals surface area contributed by atoms with Crippen LogP contribution >= 0.6 is 0 Å². The first-order chi connectivity index (χ1) is 7.92. The van der Waals surface area contributed by atoms with Gasteiger partial charge in [-0.05, 0) is 18.1 Å². The lowest BCUT2D eigenvalue weighted by atomic mass is 10.1. The third kappa shape index (κ3) is 2.74. The molecule has 0 bridgehead atoms. The fourth-order valence-corrected chi connectivity index (χ4v) is 2.15. The quantitative estimate of drug-likeness (QED) is 0.827. The van der Waals surface area contributed by atoms with Crippen molar-refractivity contribution in [2.45, 2.75) is 6.42 Å². The molecule has 0 spiro atoms. The Hall–Kier alpha value is -1.06. The van der Waals surface area contributed by atoms with Crippen LogP contribution in [0.2, 0.25) is 0 Å². The number of para-hydroxylation sites is 1. The molecule has 1 fully saturated rings. The van der Waals surface area contributed by atoms with Crippen molar-refractivity contribution in [1.82, 2.24) is 5.32 Å². The molecule has 0 aliphatic carbocycles. The summed E-state index contributed by atoms with van der Waals surface area (Å²) >= 11 is 0. The van der Waals surface area contributed by atoms with Gasteiger partial charge in [-0.3, -0.25) is 0 Å². The number of methoxy groups -OCH3 is 1. The molecular formula is C13H20N2O. The van der Waals surface area contributed by atoms with Crippen molar-refractivity contribution < 1.29 is 4.74 Å². The van der Waals surface area contributed by atoms with Crippen LogP contribution < -0.4 is 10.2 Å². The lowest BCUT2D eigenvalue weighted by molar-refractivity contribution is 0.202. The first kappa shape index (κ1) is 11.4. The van der Waals surface area contributed by atoms with E-state index in [1.165, 1.54) is 11.3 Å². The van der Waals surface area contributed by atoms with Crippen LogP contribution in [0.4, 0.5) is 5.69 Å². The zero-order chi connectivity index (χ0) is 11.2. The van der Waals surface area contributed by atoms with Crippen LogP contribution in [0.3, 0.4) is 0 Å². The van der Waals surface area contributed by atoms with E-state index in [2.05, 4.69) is 34.5 Å². The van der Waals surface area contributed by atoms with E-state index < -0.39 is 0 Å². The maximum absolute atomic E-state index is 5.16. The maximum atomic E-state index is 5.16. The molecule has 0 radical (unpaired) electrons. The van der Waals surface area contributed by atoms with Crippen LogP contribution in [0.1, 0.15) is 5.56 Å². The van der Waals surface area contributed by atoms with Crippen molar-refractivity contribution in [1.29, 1.82) is 0 Å². The van der Waals surface area contributed by atoms with E-state index in [-0.39, 0.29) is 0 Å². The predicted molar refractivity (Wildman–Crippen MR) is 67.1 cm³/mol. The lowest BCUT2D eigenvalue weighted by Crippen LogP contribution is -2.43. The SMILES string of the molecule is COCCc1ccccc1N1CCNCC1. The highest BCUT2D eigenvalue weighted by Crippen LogP contribution is 2.21. The highest BCUT2D eigenvalue weighted by molar-refractivity contribution is 5.54. The Labute approximate surface area is 97.4 Å². The molecule has 0 aromatic heterocycles. The summed E-state index contributed by atoms with van der Waals surface area (Å²) < 4.78 is 5.16. The first-order valence-corrected chi connectivity index (χ1v) is 5.94. The van der Waals surface area contributed by atoms with Crippen LogP contribution in [0, 0.1) is 0 Å². The third-order valence-corrected chi connectivity index (χ3v) is 3.02. The summed E-state index contributed by atoms with van der Waals surface area (Å²) in [6.45, 7) is 5.16. The minimum Gasteiger partial charge on any atom is -0.384 e. The Morgan fingerprint density at radius 2 is 2.00 bits per heavy atom. The minimum atomic E-state index is 0.795. The molecule has 1 aromatic carbocycles. The van der Waals surface area contributed by atoms with Gasteiger partial charge in [0.05, 0.1) is 6.61 Å². The molecule has 3 nitrogen and oxygen atoms in total. The first-order valence-electron chi connectivity index (χ1n) is 5.94. The number of piperazine rings is 1. The van der Waals surface area contributed by atoms with E-state index >= 15 is 0 Å². The molecule has 0 unspecified atom stereocenters. The van der Waals surface area contributed by atoms with Gasteiger partial charge in [0.25, 0.3) is 0 Å². The molecule has 2 rings (SSSR count). The predicted octanol–water partition coefficient (Wildman–Crippen LogP) is 1.29. The third-order valence-electron chi connectivity index (χ3n) is 3.02. The molecule has 0 atom stereocenters. The summed E-state index contributed by atoms with van der Waals surface area (Å²) in [5.74, 6) is 0. The molecular weight excluding hydrogens is 200 g/mol. The molecule has 88 valence electrons. The zero-order valence-electron chi connectivity index (χ0n) is 9.91. The second-order valence-electron chi connectivity index (χ2n) is 4.11. The Morgan fingerprint density at radius 3 is 2.75 bits per heavy atom. The fraction of sp³-hybridized carbons (Fsp3) is 0.538. The molecule has 1 heterocycles. The van der Waals surface area contributed by atoms with E-state index in [0.29, 0.717) is 0 Å². The fourth-order valence-electron chi connectivity index (χ4n) is 2.15. The summed E-state index contributed by atoms with van der Waals surface area (Å²) in [5, 5.41) is 3.38. The summed E-state index contributed by atoms with van der Waals surface area (Å²) in [6, 6.07) is 8.65. The smallest absolute Gasteiger partial charge is 0.0503 e. The second kappa shape index (κ2) is 5.87. The average Bonchev–Trinajstić information content (AvgIpc) is 2.38. The molecule has 1 saturated heterocycles. The second-order valence-corrected chi connectivity index (χ2v) is 4.11. The molecule has 1 N–H and O–H groups in total. The topological polar surface area (TPSA) is 24.5 Å². The number of hydrogen-bond acceptors (Lipinski definition) is 3. The highest BCUT2D eigenvalue weighted by atomic mass is 16.5. The van der Waals surface area contributed by atoms with Gasteiger partial charge in [-0.25, -0.2) is 0 Å². The summed E-state index contributed by atoms with van der Waals surface area (Å²) in [4.78, 5) is 2.46. The van der Waals surface area contributed by atoms with Gasteiger partial charge in [-0.2, -0.15) is 0 Å². The summed E-state index contributed by atoms with van der Waals surface area (Å²) in [7, 11) is 1.76. The van der Waals surface area contributed by atoms with Gasteiger partial charge >= 0.3 is 0 Å². The van der Waals surface area contributed by atoms with Crippen molar-refractivity contribution >= 4 is 5.69 Å². The van der Waals surface area contributed by atoms with E-state index in [9.17, 15) is 0 Å². The van der Waals surface area contributed by atoms with Gasteiger partial charge in [0, 0.05) is 39.0 Å². The van der Waals surface area contributed by atoms with Crippen molar-refractivity contribution in [3.8, 4) is 0 Å². The average molecular weight is 220 g/mol. The molecule has 1 aromatic rings. The maximum Gasteiger partial charge on any atom is 0.0503 e. The number of anilines is 1. The van der Waals surface area contributed by atoms with Gasteiger partial charge in [0.1, 0.15) is 0 Å². The molecule has 0 saturated carbocycles. The Morgan fingerprint density at radius 1 is 1.25 bits per heavy atom. The Kier molecular flexibility index (Phi) is 4.19. The monoisotopic (exact) mass is 220 g/mol. The van der Waals surface area contributed by atoms with Gasteiger partial charge < -0.3 is 15.0 Å². The van der Waals surface area contributed by atoms with Crippen LogP contribution in [0.5, 0.6) is 0 Å². The van der Waals surface area contributed by atoms with Gasteiger partial charge in [0.15, 0.2) is 0 Å². The number of benzene rings is 1. The van der Waals surface area contributed by atoms with E-state index in [1.54, 1.807) is 7.11 Å². The molecule has 16 heavy (non-hydrogen) atoms. The van der Waals surface area contributed by atoms with Crippen LogP contribution in [0.25, 0.3) is 0 Å². The molecule has 1 aliphatic rings. The standard InChI is InChI=1S/C13H20N2O/c1-16-11-6-12-4-2-3-5-13(12)15-9-7-14-8-10-15/h2-5,14H,6-11H2,1H3. The zero-order valence-corrected chi connectivity index (χ0v) is 9.91. The van der Waals surface area contributed by atoms with Gasteiger partial charge in [-0.1, -0.05) is 18.2 Å². The number of rotatable bonds is 4. The van der Waals surface area contributed by atoms with Crippen molar-refractivity contribution in [3.63, 3.8) is 0 Å². The number of nitrogens with zero attached hydrogens (tertiary/aromatic N) is 1. The van der Waals surface area contributed by atoms with Gasteiger partial charge in [0.2, 0.25) is 0 Å². The van der Waals surface area contributed by atoms with Crippen LogP contribution in [0.15, 0.2) is 24.3 Å². The number of nitrogens with one attached hydrogen (secondary N) is 1. The van der Waals surface area contributed by atoms with E-state index in [0.717, 1.165) is 39.2 Å². The summed E-state index contributed by atoms with van der Waals surface area (Å²) in [5.41, 5.74) is 2.77. The summed E-state index contributed by atoms with van der Waals surface area (Å²) in [6.07, 6.45) is 0.997.